The monoisotopic (exact) mass is 533 g/mol. The van der Waals surface area contributed by atoms with E-state index in [9.17, 15) is 18.0 Å². The van der Waals surface area contributed by atoms with Gasteiger partial charge >= 0.3 is 12.4 Å². The molecule has 0 radical (unpaired) electrons. The molecule has 3 aromatic carbocycles. The van der Waals surface area contributed by atoms with Crippen molar-refractivity contribution in [1.82, 2.24) is 24.3 Å². The number of benzene rings is 3. The van der Waals surface area contributed by atoms with Crippen LogP contribution in [0.15, 0.2) is 91.5 Å². The maximum atomic E-state index is 12.6. The lowest BCUT2D eigenvalue weighted by Crippen LogP contribution is -2.21. The van der Waals surface area contributed by atoms with Crippen molar-refractivity contribution in [3.63, 3.8) is 0 Å². The van der Waals surface area contributed by atoms with E-state index < -0.39 is 12.4 Å². The number of hydrogen-bond donors (Lipinski definition) is 2. The third kappa shape index (κ3) is 6.24. The Morgan fingerprint density at radius 2 is 1.72 bits per heavy atom. The molecule has 0 fully saturated rings. The third-order valence-electron chi connectivity index (χ3n) is 5.69. The lowest BCUT2D eigenvalue weighted by molar-refractivity contribution is -0.274. The third-order valence-corrected chi connectivity index (χ3v) is 5.69. The molecule has 2 amide bonds. The standard InChI is InChI=1S/C27H22F3N7O2/c1-2-18-4-3-5-22(16-18)36-15-14-31-25(36)34-26(38)33-20-8-6-19(7-9-20)24-32-17-37(35-24)21-10-12-23(13-11-21)39-27(28,29)30/h3-17H,2H2,1H3,(H2,31,33,34,38). The molecular formula is C27H22F3N7O2. The second-order valence-corrected chi connectivity index (χ2v) is 8.36. The van der Waals surface area contributed by atoms with Crippen LogP contribution < -0.4 is 15.4 Å². The summed E-state index contributed by atoms with van der Waals surface area (Å²) in [5, 5.41) is 9.91. The Hall–Kier alpha value is -5.13. The average Bonchev–Trinajstić information content (AvgIpc) is 3.59. The van der Waals surface area contributed by atoms with Crippen molar-refractivity contribution in [2.75, 3.05) is 10.6 Å². The van der Waals surface area contributed by atoms with E-state index in [0.29, 0.717) is 28.7 Å². The SMILES string of the molecule is CCc1cccc(-n2ccnc2NC(=O)Nc2ccc(-c3ncn(-c4ccc(OC(F)(F)F)cc4)n3)cc2)c1. The normalized spacial score (nSPS) is 11.3. The molecule has 0 unspecified atom stereocenters. The van der Waals surface area contributed by atoms with Crippen LogP contribution in [-0.2, 0) is 6.42 Å². The van der Waals surface area contributed by atoms with Crippen LogP contribution in [0.3, 0.4) is 0 Å². The number of alkyl halides is 3. The molecule has 2 N–H and O–H groups in total. The highest BCUT2D eigenvalue weighted by Gasteiger charge is 2.31. The fourth-order valence-corrected chi connectivity index (χ4v) is 3.82. The number of anilines is 2. The summed E-state index contributed by atoms with van der Waals surface area (Å²) in [6, 6.07) is 19.7. The van der Waals surface area contributed by atoms with Crippen molar-refractivity contribution >= 4 is 17.7 Å². The van der Waals surface area contributed by atoms with Gasteiger partial charge in [0.2, 0.25) is 5.95 Å². The minimum Gasteiger partial charge on any atom is -0.406 e. The fourth-order valence-electron chi connectivity index (χ4n) is 3.82. The van der Waals surface area contributed by atoms with E-state index in [1.165, 1.54) is 40.8 Å². The molecule has 0 saturated heterocycles. The molecule has 5 aromatic rings. The number of amides is 2. The van der Waals surface area contributed by atoms with Crippen LogP contribution in [0.4, 0.5) is 29.6 Å². The van der Waals surface area contributed by atoms with Crippen LogP contribution in [0.1, 0.15) is 12.5 Å². The molecule has 0 spiro atoms. The molecule has 0 atom stereocenters. The topological polar surface area (TPSA) is 98.9 Å². The first-order valence-corrected chi connectivity index (χ1v) is 11.9. The zero-order valence-electron chi connectivity index (χ0n) is 20.6. The summed E-state index contributed by atoms with van der Waals surface area (Å²) < 4.78 is 44.2. The van der Waals surface area contributed by atoms with E-state index in [0.717, 1.165) is 12.1 Å². The molecule has 0 aliphatic carbocycles. The van der Waals surface area contributed by atoms with Crippen LogP contribution in [-0.4, -0.2) is 36.7 Å². The lowest BCUT2D eigenvalue weighted by Gasteiger charge is -2.11. The summed E-state index contributed by atoms with van der Waals surface area (Å²) in [4.78, 5) is 21.1. The minimum absolute atomic E-state index is 0.326. The Bertz CT molecular complexity index is 1580. The lowest BCUT2D eigenvalue weighted by atomic mass is 10.1. The number of nitrogens with one attached hydrogen (secondary N) is 2. The van der Waals surface area contributed by atoms with E-state index >= 15 is 0 Å². The number of carbonyl (C=O) groups excluding carboxylic acids is 1. The Balaban J connectivity index is 1.22. The number of aryl methyl sites for hydroxylation is 1. The van der Waals surface area contributed by atoms with E-state index in [2.05, 4.69) is 37.4 Å². The zero-order valence-corrected chi connectivity index (χ0v) is 20.6. The highest BCUT2D eigenvalue weighted by Crippen LogP contribution is 2.24. The summed E-state index contributed by atoms with van der Waals surface area (Å²) >= 11 is 0. The van der Waals surface area contributed by atoms with E-state index in [-0.39, 0.29) is 5.75 Å². The Morgan fingerprint density at radius 1 is 0.949 bits per heavy atom. The van der Waals surface area contributed by atoms with Gasteiger partial charge in [0.25, 0.3) is 0 Å². The number of halogens is 3. The summed E-state index contributed by atoms with van der Waals surface area (Å²) in [6.45, 7) is 2.07. The summed E-state index contributed by atoms with van der Waals surface area (Å²) in [5.41, 5.74) is 3.80. The number of rotatable bonds is 7. The molecule has 2 heterocycles. The number of nitrogens with zero attached hydrogens (tertiary/aromatic N) is 5. The quantitative estimate of drug-likeness (QED) is 0.259. The molecule has 39 heavy (non-hydrogen) atoms. The molecule has 9 nitrogen and oxygen atoms in total. The predicted molar refractivity (Wildman–Crippen MR) is 139 cm³/mol. The summed E-state index contributed by atoms with van der Waals surface area (Å²) in [6.07, 6.45) is 0.973. The molecule has 0 aliphatic rings. The Labute approximate surface area is 220 Å². The van der Waals surface area contributed by atoms with Crippen molar-refractivity contribution < 1.29 is 22.7 Å². The maximum Gasteiger partial charge on any atom is 0.573 e. The molecule has 2 aromatic heterocycles. The number of hydrogen-bond acceptors (Lipinski definition) is 5. The van der Waals surface area contributed by atoms with Crippen molar-refractivity contribution in [3.8, 4) is 28.5 Å². The first-order chi connectivity index (χ1) is 18.8. The van der Waals surface area contributed by atoms with Gasteiger partial charge in [0.15, 0.2) is 5.82 Å². The van der Waals surface area contributed by atoms with Gasteiger partial charge in [-0.3, -0.25) is 9.88 Å². The second-order valence-electron chi connectivity index (χ2n) is 8.36. The van der Waals surface area contributed by atoms with E-state index in [1.807, 2.05) is 24.3 Å². The molecule has 5 rings (SSSR count). The zero-order chi connectivity index (χ0) is 27.4. The van der Waals surface area contributed by atoms with Gasteiger partial charge in [0, 0.05) is 29.3 Å². The minimum atomic E-state index is -4.76. The van der Waals surface area contributed by atoms with Crippen molar-refractivity contribution in [2.45, 2.75) is 19.7 Å². The molecule has 0 saturated carbocycles. The molecule has 0 aliphatic heterocycles. The van der Waals surface area contributed by atoms with Gasteiger partial charge in [-0.2, -0.15) is 0 Å². The predicted octanol–water partition coefficient (Wildman–Crippen LogP) is 6.23. The Morgan fingerprint density at radius 3 is 2.44 bits per heavy atom. The van der Waals surface area contributed by atoms with Crippen molar-refractivity contribution in [1.29, 1.82) is 0 Å². The summed E-state index contributed by atoms with van der Waals surface area (Å²) in [5.74, 6) is 0.455. The number of urea groups is 1. The fraction of sp³-hybridized carbons (Fsp3) is 0.111. The van der Waals surface area contributed by atoms with E-state index in [1.54, 1.807) is 41.2 Å². The smallest absolute Gasteiger partial charge is 0.406 e. The van der Waals surface area contributed by atoms with Crippen molar-refractivity contribution in [3.05, 3.63) is 97.1 Å². The second kappa shape index (κ2) is 10.7. The van der Waals surface area contributed by atoms with Gasteiger partial charge in [-0.05, 0) is 72.6 Å². The number of ether oxygens (including phenoxy) is 1. The van der Waals surface area contributed by atoms with Gasteiger partial charge in [-0.1, -0.05) is 19.1 Å². The summed E-state index contributed by atoms with van der Waals surface area (Å²) in [7, 11) is 0. The molecular weight excluding hydrogens is 511 g/mol. The van der Waals surface area contributed by atoms with Gasteiger partial charge in [-0.25, -0.2) is 19.4 Å². The van der Waals surface area contributed by atoms with Crippen LogP contribution in [0.25, 0.3) is 22.8 Å². The van der Waals surface area contributed by atoms with Crippen molar-refractivity contribution in [2.24, 2.45) is 0 Å². The molecule has 12 heteroatoms. The first kappa shape index (κ1) is 25.5. The van der Waals surface area contributed by atoms with Crippen LogP contribution in [0, 0.1) is 0 Å². The van der Waals surface area contributed by atoms with Crippen LogP contribution in [0.5, 0.6) is 5.75 Å². The highest BCUT2D eigenvalue weighted by molar-refractivity contribution is 5.99. The number of aromatic nitrogens is 5. The highest BCUT2D eigenvalue weighted by atomic mass is 19.4. The number of imidazole rings is 1. The van der Waals surface area contributed by atoms with Crippen LogP contribution >= 0.6 is 0 Å². The van der Waals surface area contributed by atoms with Gasteiger partial charge in [-0.15, -0.1) is 18.3 Å². The number of carbonyl (C=O) groups is 1. The average molecular weight is 534 g/mol. The maximum absolute atomic E-state index is 12.6. The van der Waals surface area contributed by atoms with Gasteiger partial charge in [0.05, 0.1) is 5.69 Å². The Kier molecular flexibility index (Phi) is 7.00. The largest absolute Gasteiger partial charge is 0.573 e. The van der Waals surface area contributed by atoms with Gasteiger partial charge in [0.1, 0.15) is 12.1 Å². The first-order valence-electron chi connectivity index (χ1n) is 11.9. The van der Waals surface area contributed by atoms with Gasteiger partial charge < -0.3 is 10.1 Å². The van der Waals surface area contributed by atoms with Crippen LogP contribution in [0.2, 0.25) is 0 Å². The molecule has 0 bridgehead atoms. The molecule has 198 valence electrons. The van der Waals surface area contributed by atoms with E-state index in [4.69, 9.17) is 0 Å².